The predicted molar refractivity (Wildman–Crippen MR) is 101 cm³/mol. The summed E-state index contributed by atoms with van der Waals surface area (Å²) in [5, 5.41) is 19.3. The minimum atomic E-state index is -0.773. The van der Waals surface area contributed by atoms with Gasteiger partial charge in [0.2, 0.25) is 5.76 Å². The van der Waals surface area contributed by atoms with Crippen LogP contribution in [0.1, 0.15) is 57.7 Å². The van der Waals surface area contributed by atoms with Crippen LogP contribution in [0.4, 0.5) is 0 Å². The Morgan fingerprint density at radius 3 is 2.82 bits per heavy atom. The third-order valence-corrected chi connectivity index (χ3v) is 5.65. The minimum Gasteiger partial charge on any atom is -0.382 e. The molecule has 1 amide bonds. The molecule has 1 aromatic carbocycles. The Labute approximate surface area is 162 Å². The third kappa shape index (κ3) is 2.92. The van der Waals surface area contributed by atoms with Gasteiger partial charge in [0.15, 0.2) is 0 Å². The molecule has 7 heteroatoms. The second-order valence-electron chi connectivity index (χ2n) is 7.47. The predicted octanol–water partition coefficient (Wildman–Crippen LogP) is 2.49. The molecule has 0 spiro atoms. The van der Waals surface area contributed by atoms with Crippen molar-refractivity contribution in [1.29, 1.82) is 0 Å². The van der Waals surface area contributed by atoms with Crippen molar-refractivity contribution in [3.8, 4) is 0 Å². The molecule has 0 saturated carbocycles. The van der Waals surface area contributed by atoms with Crippen LogP contribution in [0.3, 0.4) is 0 Å². The zero-order valence-corrected chi connectivity index (χ0v) is 15.5. The van der Waals surface area contributed by atoms with Crippen LogP contribution in [-0.2, 0) is 25.9 Å². The van der Waals surface area contributed by atoms with E-state index in [2.05, 4.69) is 10.3 Å². The van der Waals surface area contributed by atoms with Crippen LogP contribution >= 0.6 is 0 Å². The van der Waals surface area contributed by atoms with E-state index in [-0.39, 0.29) is 5.91 Å². The summed E-state index contributed by atoms with van der Waals surface area (Å²) in [6.07, 6.45) is 3.15. The number of amides is 1. The van der Waals surface area contributed by atoms with Crippen LogP contribution < -0.4 is 0 Å². The van der Waals surface area contributed by atoms with Crippen molar-refractivity contribution in [2.45, 2.75) is 44.9 Å². The number of nitrogens with zero attached hydrogens (tertiary/aromatic N) is 4. The van der Waals surface area contributed by atoms with Crippen LogP contribution in [0.5, 0.6) is 0 Å². The molecule has 0 saturated heterocycles. The van der Waals surface area contributed by atoms with E-state index in [0.29, 0.717) is 31.1 Å². The Balaban J connectivity index is 1.36. The summed E-state index contributed by atoms with van der Waals surface area (Å²) in [6, 6.07) is 11.4. The Morgan fingerprint density at radius 2 is 1.96 bits per heavy atom. The number of benzene rings is 1. The van der Waals surface area contributed by atoms with Gasteiger partial charge in [0.1, 0.15) is 6.10 Å². The molecule has 3 aromatic rings. The van der Waals surface area contributed by atoms with E-state index in [1.165, 1.54) is 0 Å². The van der Waals surface area contributed by atoms with Gasteiger partial charge in [-0.2, -0.15) is 5.10 Å². The zero-order chi connectivity index (χ0) is 19.1. The number of carbonyl (C=O) groups excluding carboxylic acids is 1. The summed E-state index contributed by atoms with van der Waals surface area (Å²) in [5.41, 5.74) is 4.24. The minimum absolute atomic E-state index is 0.103. The molecule has 0 bridgehead atoms. The van der Waals surface area contributed by atoms with Crippen molar-refractivity contribution in [2.24, 2.45) is 0 Å². The summed E-state index contributed by atoms with van der Waals surface area (Å²) in [5.74, 6) is 0.292. The summed E-state index contributed by atoms with van der Waals surface area (Å²) in [6.45, 7) is 1.60. The summed E-state index contributed by atoms with van der Waals surface area (Å²) in [4.78, 5) is 14.8. The molecule has 1 N–H and O–H groups in total. The van der Waals surface area contributed by atoms with Crippen molar-refractivity contribution in [1.82, 2.24) is 19.8 Å². The standard InChI is InChI=1S/C21H22N4O3/c26-19(14-6-2-1-3-7-14)18-12-15-13-24(10-11-25(15)22-18)21(27)20-16-8-4-5-9-17(16)23-28-20/h1-3,6-7,12,19,26H,4-5,8-11,13H2. The van der Waals surface area contributed by atoms with Gasteiger partial charge >= 0.3 is 0 Å². The maximum Gasteiger partial charge on any atom is 0.293 e. The topological polar surface area (TPSA) is 84.4 Å². The maximum absolute atomic E-state index is 13.0. The van der Waals surface area contributed by atoms with Gasteiger partial charge in [-0.15, -0.1) is 0 Å². The quantitative estimate of drug-likeness (QED) is 0.757. The number of rotatable bonds is 3. The number of carbonyl (C=O) groups is 1. The Kier molecular flexibility index (Phi) is 4.24. The van der Waals surface area contributed by atoms with Gasteiger partial charge < -0.3 is 14.5 Å². The average molecular weight is 378 g/mol. The van der Waals surface area contributed by atoms with Crippen LogP contribution in [0, 0.1) is 0 Å². The molecule has 5 rings (SSSR count). The Hall–Kier alpha value is -2.93. The largest absolute Gasteiger partial charge is 0.382 e. The molecule has 2 aromatic heterocycles. The number of hydrogen-bond donors (Lipinski definition) is 1. The second-order valence-corrected chi connectivity index (χ2v) is 7.47. The molecule has 28 heavy (non-hydrogen) atoms. The SMILES string of the molecule is O=C(c1onc2c1CCCC2)N1CCn2nc(C(O)c3ccccc3)cc2C1. The highest BCUT2D eigenvalue weighted by molar-refractivity contribution is 5.93. The van der Waals surface area contributed by atoms with E-state index in [4.69, 9.17) is 4.52 Å². The van der Waals surface area contributed by atoms with Crippen LogP contribution in [0.2, 0.25) is 0 Å². The second kappa shape index (κ2) is 6.91. The van der Waals surface area contributed by atoms with E-state index < -0.39 is 6.10 Å². The molecule has 0 radical (unpaired) electrons. The fourth-order valence-electron chi connectivity index (χ4n) is 4.10. The molecule has 1 aliphatic heterocycles. The molecule has 2 aliphatic rings. The van der Waals surface area contributed by atoms with Crippen molar-refractivity contribution in [3.63, 3.8) is 0 Å². The van der Waals surface area contributed by atoms with E-state index >= 15 is 0 Å². The molecular formula is C21H22N4O3. The first-order chi connectivity index (χ1) is 13.7. The molecule has 3 heterocycles. The number of aliphatic hydroxyl groups excluding tert-OH is 1. The van der Waals surface area contributed by atoms with Crippen molar-refractivity contribution < 1.29 is 14.4 Å². The summed E-state index contributed by atoms with van der Waals surface area (Å²) < 4.78 is 7.29. The van der Waals surface area contributed by atoms with Crippen LogP contribution in [-0.4, -0.2) is 37.4 Å². The fourth-order valence-corrected chi connectivity index (χ4v) is 4.10. The van der Waals surface area contributed by atoms with Gasteiger partial charge in [0, 0.05) is 12.1 Å². The van der Waals surface area contributed by atoms with Gasteiger partial charge in [-0.3, -0.25) is 9.48 Å². The third-order valence-electron chi connectivity index (χ3n) is 5.65. The van der Waals surface area contributed by atoms with Gasteiger partial charge in [0.05, 0.1) is 30.2 Å². The molecule has 144 valence electrons. The molecule has 1 atom stereocenters. The highest BCUT2D eigenvalue weighted by atomic mass is 16.5. The normalized spacial score (nSPS) is 17.1. The van der Waals surface area contributed by atoms with Crippen molar-refractivity contribution >= 4 is 5.91 Å². The highest BCUT2D eigenvalue weighted by Crippen LogP contribution is 2.27. The number of aliphatic hydroxyl groups is 1. The summed E-state index contributed by atoms with van der Waals surface area (Å²) in [7, 11) is 0. The monoisotopic (exact) mass is 378 g/mol. The first-order valence-electron chi connectivity index (χ1n) is 9.77. The Morgan fingerprint density at radius 1 is 1.14 bits per heavy atom. The lowest BCUT2D eigenvalue weighted by molar-refractivity contribution is 0.0662. The number of aryl methyl sites for hydroxylation is 1. The van der Waals surface area contributed by atoms with Gasteiger partial charge in [-0.1, -0.05) is 35.5 Å². The van der Waals surface area contributed by atoms with Crippen molar-refractivity contribution in [2.75, 3.05) is 6.54 Å². The van der Waals surface area contributed by atoms with Crippen molar-refractivity contribution in [3.05, 3.63) is 70.4 Å². The zero-order valence-electron chi connectivity index (χ0n) is 15.5. The van der Waals surface area contributed by atoms with E-state index in [9.17, 15) is 9.90 Å². The molecule has 7 nitrogen and oxygen atoms in total. The smallest absolute Gasteiger partial charge is 0.293 e. The first-order valence-corrected chi connectivity index (χ1v) is 9.77. The van der Waals surface area contributed by atoms with E-state index in [1.807, 2.05) is 41.1 Å². The molecule has 1 unspecified atom stereocenters. The molecular weight excluding hydrogens is 356 g/mol. The van der Waals surface area contributed by atoms with Crippen LogP contribution in [0.15, 0.2) is 40.9 Å². The van der Waals surface area contributed by atoms with E-state index in [0.717, 1.165) is 48.2 Å². The fraction of sp³-hybridized carbons (Fsp3) is 0.381. The lowest BCUT2D eigenvalue weighted by atomic mass is 9.96. The van der Waals surface area contributed by atoms with Gasteiger partial charge in [0.25, 0.3) is 5.91 Å². The number of fused-ring (bicyclic) bond motifs is 2. The molecule has 1 aliphatic carbocycles. The summed E-state index contributed by atoms with van der Waals surface area (Å²) >= 11 is 0. The van der Waals surface area contributed by atoms with Crippen LogP contribution in [0.25, 0.3) is 0 Å². The van der Waals surface area contributed by atoms with Gasteiger partial charge in [-0.25, -0.2) is 0 Å². The number of hydrogen-bond acceptors (Lipinski definition) is 5. The lowest BCUT2D eigenvalue weighted by Gasteiger charge is -2.27. The first kappa shape index (κ1) is 17.2. The average Bonchev–Trinajstić information content (AvgIpc) is 3.37. The number of aromatic nitrogens is 3. The molecule has 0 fully saturated rings. The lowest BCUT2D eigenvalue weighted by Crippen LogP contribution is -2.38. The Bertz CT molecular complexity index is 1010. The highest BCUT2D eigenvalue weighted by Gasteiger charge is 2.30. The van der Waals surface area contributed by atoms with E-state index in [1.54, 1.807) is 4.90 Å². The van der Waals surface area contributed by atoms with Gasteiger partial charge in [-0.05, 0) is 37.3 Å². The maximum atomic E-state index is 13.0.